The average molecular weight is 159 g/mol. The molecule has 10 heavy (non-hydrogen) atoms. The standard InChI is InChI=1S/C8H17NS/c1-7(2)5-10-6-8(3,4)9-7/h9H,5-6H2,1-4H3. The molecular formula is C8H17NS. The Hall–Kier alpha value is 0.310. The number of thioether (sulfide) groups is 1. The van der Waals surface area contributed by atoms with Gasteiger partial charge >= 0.3 is 0 Å². The Kier molecular flexibility index (Phi) is 2.03. The van der Waals surface area contributed by atoms with E-state index in [1.54, 1.807) is 0 Å². The summed E-state index contributed by atoms with van der Waals surface area (Å²) in [5.41, 5.74) is 0.652. The molecule has 0 aliphatic carbocycles. The molecule has 0 bridgehead atoms. The SMILES string of the molecule is CC1(C)CSCC(C)(C)N1. The van der Waals surface area contributed by atoms with Crippen molar-refractivity contribution in [3.63, 3.8) is 0 Å². The van der Waals surface area contributed by atoms with Gasteiger partial charge in [-0.05, 0) is 27.7 Å². The van der Waals surface area contributed by atoms with Crippen LogP contribution in [-0.4, -0.2) is 22.6 Å². The number of nitrogens with one attached hydrogen (secondary N) is 1. The minimum atomic E-state index is 0.326. The third-order valence-electron chi connectivity index (χ3n) is 1.60. The third kappa shape index (κ3) is 2.17. The van der Waals surface area contributed by atoms with E-state index in [1.165, 1.54) is 11.5 Å². The van der Waals surface area contributed by atoms with Gasteiger partial charge in [0.05, 0.1) is 0 Å². The fourth-order valence-electron chi connectivity index (χ4n) is 1.55. The lowest BCUT2D eigenvalue weighted by Crippen LogP contribution is -2.58. The highest BCUT2D eigenvalue weighted by molar-refractivity contribution is 7.99. The van der Waals surface area contributed by atoms with E-state index in [2.05, 4.69) is 33.0 Å². The van der Waals surface area contributed by atoms with Gasteiger partial charge in [-0.3, -0.25) is 0 Å². The highest BCUT2D eigenvalue weighted by atomic mass is 32.2. The van der Waals surface area contributed by atoms with Crippen molar-refractivity contribution in [1.82, 2.24) is 5.32 Å². The first-order chi connectivity index (χ1) is 4.41. The zero-order valence-electron chi connectivity index (χ0n) is 7.32. The second kappa shape index (κ2) is 2.42. The zero-order chi connectivity index (χ0) is 7.83. The topological polar surface area (TPSA) is 12.0 Å². The maximum atomic E-state index is 3.61. The molecule has 0 atom stereocenters. The molecule has 60 valence electrons. The Morgan fingerprint density at radius 2 is 1.40 bits per heavy atom. The van der Waals surface area contributed by atoms with Crippen LogP contribution < -0.4 is 5.32 Å². The van der Waals surface area contributed by atoms with Gasteiger partial charge in [-0.2, -0.15) is 11.8 Å². The van der Waals surface area contributed by atoms with Gasteiger partial charge in [-0.1, -0.05) is 0 Å². The van der Waals surface area contributed by atoms with Crippen LogP contribution in [0.3, 0.4) is 0 Å². The van der Waals surface area contributed by atoms with Crippen molar-refractivity contribution in [2.75, 3.05) is 11.5 Å². The molecule has 1 heterocycles. The maximum absolute atomic E-state index is 3.61. The van der Waals surface area contributed by atoms with Gasteiger partial charge in [-0.25, -0.2) is 0 Å². The van der Waals surface area contributed by atoms with Crippen molar-refractivity contribution in [3.8, 4) is 0 Å². The van der Waals surface area contributed by atoms with Crippen LogP contribution >= 0.6 is 11.8 Å². The predicted octanol–water partition coefficient (Wildman–Crippen LogP) is 1.88. The molecule has 0 saturated carbocycles. The van der Waals surface area contributed by atoms with Gasteiger partial charge in [-0.15, -0.1) is 0 Å². The van der Waals surface area contributed by atoms with E-state index in [4.69, 9.17) is 0 Å². The van der Waals surface area contributed by atoms with Crippen LogP contribution in [0.15, 0.2) is 0 Å². The van der Waals surface area contributed by atoms with Gasteiger partial charge in [0, 0.05) is 22.6 Å². The Balaban J connectivity index is 2.56. The third-order valence-corrected chi connectivity index (χ3v) is 3.45. The lowest BCUT2D eigenvalue weighted by Gasteiger charge is -2.42. The Morgan fingerprint density at radius 3 is 1.60 bits per heavy atom. The molecule has 0 unspecified atom stereocenters. The van der Waals surface area contributed by atoms with Gasteiger partial charge in [0.2, 0.25) is 0 Å². The highest BCUT2D eigenvalue weighted by Crippen LogP contribution is 2.26. The van der Waals surface area contributed by atoms with Crippen LogP contribution in [-0.2, 0) is 0 Å². The lowest BCUT2D eigenvalue weighted by atomic mass is 10.00. The van der Waals surface area contributed by atoms with E-state index in [1.807, 2.05) is 11.8 Å². The van der Waals surface area contributed by atoms with Gasteiger partial charge < -0.3 is 5.32 Å². The molecule has 0 amide bonds. The molecule has 1 N–H and O–H groups in total. The molecule has 1 saturated heterocycles. The smallest absolute Gasteiger partial charge is 0.0220 e. The van der Waals surface area contributed by atoms with Crippen molar-refractivity contribution < 1.29 is 0 Å². The van der Waals surface area contributed by atoms with Crippen LogP contribution in [0, 0.1) is 0 Å². The largest absolute Gasteiger partial charge is 0.305 e. The van der Waals surface area contributed by atoms with Crippen molar-refractivity contribution >= 4 is 11.8 Å². The summed E-state index contributed by atoms with van der Waals surface area (Å²) in [6.07, 6.45) is 0. The fourth-order valence-corrected chi connectivity index (χ4v) is 2.82. The van der Waals surface area contributed by atoms with Gasteiger partial charge in [0.25, 0.3) is 0 Å². The summed E-state index contributed by atoms with van der Waals surface area (Å²) in [7, 11) is 0. The van der Waals surface area contributed by atoms with Crippen molar-refractivity contribution in [1.29, 1.82) is 0 Å². The van der Waals surface area contributed by atoms with Gasteiger partial charge in [0.1, 0.15) is 0 Å². The van der Waals surface area contributed by atoms with Crippen LogP contribution in [0.25, 0.3) is 0 Å². The quantitative estimate of drug-likeness (QED) is 0.579. The van der Waals surface area contributed by atoms with Crippen molar-refractivity contribution in [2.45, 2.75) is 38.8 Å². The van der Waals surface area contributed by atoms with E-state index in [0.717, 1.165) is 0 Å². The summed E-state index contributed by atoms with van der Waals surface area (Å²) in [6, 6.07) is 0. The van der Waals surface area contributed by atoms with Gasteiger partial charge in [0.15, 0.2) is 0 Å². The van der Waals surface area contributed by atoms with Crippen LogP contribution in [0.2, 0.25) is 0 Å². The van der Waals surface area contributed by atoms with Crippen LogP contribution in [0.1, 0.15) is 27.7 Å². The molecule has 0 spiro atoms. The molecule has 2 heteroatoms. The van der Waals surface area contributed by atoms with E-state index >= 15 is 0 Å². The molecule has 1 rings (SSSR count). The summed E-state index contributed by atoms with van der Waals surface area (Å²) in [5.74, 6) is 2.47. The predicted molar refractivity (Wildman–Crippen MR) is 48.6 cm³/mol. The summed E-state index contributed by atoms with van der Waals surface area (Å²) in [6.45, 7) is 9.06. The van der Waals surface area contributed by atoms with Crippen molar-refractivity contribution in [2.24, 2.45) is 0 Å². The number of hydrogen-bond donors (Lipinski definition) is 1. The first-order valence-corrected chi connectivity index (χ1v) is 4.94. The Bertz CT molecular complexity index is 115. The monoisotopic (exact) mass is 159 g/mol. The van der Waals surface area contributed by atoms with E-state index < -0.39 is 0 Å². The average Bonchev–Trinajstić information content (AvgIpc) is 1.56. The molecule has 0 aromatic heterocycles. The van der Waals surface area contributed by atoms with Crippen LogP contribution in [0.5, 0.6) is 0 Å². The molecule has 0 aromatic rings. The summed E-state index contributed by atoms with van der Waals surface area (Å²) in [4.78, 5) is 0. The summed E-state index contributed by atoms with van der Waals surface area (Å²) in [5, 5.41) is 3.61. The molecule has 0 radical (unpaired) electrons. The minimum absolute atomic E-state index is 0.326. The fraction of sp³-hybridized carbons (Fsp3) is 1.00. The highest BCUT2D eigenvalue weighted by Gasteiger charge is 2.31. The van der Waals surface area contributed by atoms with Crippen molar-refractivity contribution in [3.05, 3.63) is 0 Å². The van der Waals surface area contributed by atoms with Crippen LogP contribution in [0.4, 0.5) is 0 Å². The minimum Gasteiger partial charge on any atom is -0.305 e. The second-order valence-electron chi connectivity index (χ2n) is 4.39. The first kappa shape index (κ1) is 8.41. The maximum Gasteiger partial charge on any atom is 0.0220 e. The normalized spacial score (nSPS) is 30.0. The zero-order valence-corrected chi connectivity index (χ0v) is 8.14. The molecule has 1 aliphatic rings. The summed E-state index contributed by atoms with van der Waals surface area (Å²) >= 11 is 2.05. The Morgan fingerprint density at radius 1 is 1.00 bits per heavy atom. The van der Waals surface area contributed by atoms with E-state index in [0.29, 0.717) is 11.1 Å². The molecule has 1 nitrogen and oxygen atoms in total. The molecule has 0 aromatic carbocycles. The molecule has 1 aliphatic heterocycles. The lowest BCUT2D eigenvalue weighted by molar-refractivity contribution is 0.300. The second-order valence-corrected chi connectivity index (χ2v) is 5.37. The Labute approximate surface area is 68.0 Å². The number of hydrogen-bond acceptors (Lipinski definition) is 2. The van der Waals surface area contributed by atoms with E-state index in [9.17, 15) is 0 Å². The van der Waals surface area contributed by atoms with E-state index in [-0.39, 0.29) is 0 Å². The molecular weight excluding hydrogens is 142 g/mol. The number of rotatable bonds is 0. The molecule has 1 fully saturated rings. The summed E-state index contributed by atoms with van der Waals surface area (Å²) < 4.78 is 0. The first-order valence-electron chi connectivity index (χ1n) is 3.78.